The number of anilines is 4. The lowest BCUT2D eigenvalue weighted by Gasteiger charge is -2.30. The van der Waals surface area contributed by atoms with Crippen molar-refractivity contribution in [1.29, 1.82) is 0 Å². The maximum absolute atomic E-state index is 12.2. The number of ether oxygens (including phenoxy) is 1. The van der Waals surface area contributed by atoms with Crippen molar-refractivity contribution in [1.82, 2.24) is 35.3 Å². The topological polar surface area (TPSA) is 154 Å². The number of aryl methyl sites for hydroxylation is 1. The van der Waals surface area contributed by atoms with Gasteiger partial charge in [-0.15, -0.1) is 0 Å². The molecule has 0 spiro atoms. The normalized spacial score (nSPS) is 18.1. The molecule has 3 N–H and O–H groups in total. The van der Waals surface area contributed by atoms with Crippen LogP contribution in [0.25, 0.3) is 11.4 Å². The third-order valence-corrected chi connectivity index (χ3v) is 6.31. The van der Waals surface area contributed by atoms with Crippen LogP contribution in [0, 0.1) is 6.92 Å². The molecule has 0 aromatic carbocycles. The highest BCUT2D eigenvalue weighted by Gasteiger charge is 2.32. The summed E-state index contributed by atoms with van der Waals surface area (Å²) in [5.41, 5.74) is 1.26. The fraction of sp³-hybridized carbons (Fsp3) is 0.391. The molecule has 0 bridgehead atoms. The zero-order valence-electron chi connectivity index (χ0n) is 19.8. The Balaban J connectivity index is 1.33. The van der Waals surface area contributed by atoms with Crippen LogP contribution in [0.3, 0.4) is 0 Å². The maximum Gasteiger partial charge on any atom is 0.276 e. The van der Waals surface area contributed by atoms with E-state index in [9.17, 15) is 4.79 Å². The van der Waals surface area contributed by atoms with Crippen LogP contribution in [0.15, 0.2) is 39.9 Å². The predicted molar refractivity (Wildman–Crippen MR) is 131 cm³/mol. The first kappa shape index (κ1) is 22.2. The van der Waals surface area contributed by atoms with Crippen molar-refractivity contribution in [2.24, 2.45) is 0 Å². The molecule has 0 radical (unpaired) electrons. The molecular formula is C23H26N10O3. The molecule has 0 saturated carbocycles. The molecule has 4 aromatic rings. The lowest BCUT2D eigenvalue weighted by atomic mass is 10.1. The van der Waals surface area contributed by atoms with Crippen molar-refractivity contribution in [2.75, 3.05) is 48.0 Å². The summed E-state index contributed by atoms with van der Waals surface area (Å²) < 4.78 is 11.2. The molecule has 4 aromatic heterocycles. The number of hydrogen-bond donors (Lipinski definition) is 3. The number of hydrogen-bond acceptors (Lipinski definition) is 11. The van der Waals surface area contributed by atoms with Crippen LogP contribution in [0.1, 0.15) is 30.3 Å². The molecule has 0 amide bonds. The van der Waals surface area contributed by atoms with Crippen molar-refractivity contribution in [3.05, 3.63) is 52.4 Å². The molecule has 186 valence electrons. The van der Waals surface area contributed by atoms with E-state index in [1.807, 2.05) is 19.1 Å². The van der Waals surface area contributed by atoms with Gasteiger partial charge in [0.25, 0.3) is 5.56 Å². The number of rotatable bonds is 6. The van der Waals surface area contributed by atoms with Gasteiger partial charge < -0.3 is 29.4 Å². The van der Waals surface area contributed by atoms with Crippen LogP contribution in [-0.4, -0.2) is 68.1 Å². The van der Waals surface area contributed by atoms with Crippen LogP contribution < -0.4 is 20.7 Å². The molecule has 2 aliphatic heterocycles. The van der Waals surface area contributed by atoms with E-state index in [-0.39, 0.29) is 17.3 Å². The van der Waals surface area contributed by atoms with E-state index in [4.69, 9.17) is 19.2 Å². The Morgan fingerprint density at radius 3 is 2.81 bits per heavy atom. The molecule has 0 aliphatic carbocycles. The minimum absolute atomic E-state index is 0.116. The van der Waals surface area contributed by atoms with E-state index in [0.717, 1.165) is 44.0 Å². The third-order valence-electron chi connectivity index (χ3n) is 6.31. The van der Waals surface area contributed by atoms with Gasteiger partial charge in [-0.3, -0.25) is 9.89 Å². The van der Waals surface area contributed by atoms with E-state index in [0.29, 0.717) is 42.3 Å². The van der Waals surface area contributed by atoms with Gasteiger partial charge in [0, 0.05) is 55.9 Å². The second kappa shape index (κ2) is 9.41. The lowest BCUT2D eigenvalue weighted by Crippen LogP contribution is -2.37. The van der Waals surface area contributed by atoms with Crippen LogP contribution in [-0.2, 0) is 4.74 Å². The standard InChI is InChI=1S/C23H26N10O3/c1-14-11-19(30-29-14)26-18-13-20(32-7-9-35-10-8-32)28-23(27-18)33-6-2-3-16(33)17-12-15(31-36-17)21-22(34)25-5-4-24-21/h4-5,11-13,16H,2-3,6-10H2,1H3,(H,25,34)(H2,26,27,28,29,30)/t16-/m0/s1. The number of nitrogens with zero attached hydrogens (tertiary/aromatic N) is 7. The molecule has 2 fully saturated rings. The Morgan fingerprint density at radius 1 is 1.11 bits per heavy atom. The van der Waals surface area contributed by atoms with Crippen molar-refractivity contribution >= 4 is 23.4 Å². The predicted octanol–water partition coefficient (Wildman–Crippen LogP) is 2.17. The number of morpholine rings is 1. The summed E-state index contributed by atoms with van der Waals surface area (Å²) in [5, 5.41) is 14.6. The summed E-state index contributed by atoms with van der Waals surface area (Å²) in [5.74, 6) is 3.39. The molecule has 13 nitrogen and oxygen atoms in total. The Kier molecular flexibility index (Phi) is 5.81. The first-order valence-electron chi connectivity index (χ1n) is 11.9. The minimum atomic E-state index is -0.313. The fourth-order valence-corrected chi connectivity index (χ4v) is 4.58. The molecule has 0 unspecified atom stereocenters. The molecular weight excluding hydrogens is 464 g/mol. The van der Waals surface area contributed by atoms with Gasteiger partial charge in [-0.1, -0.05) is 5.16 Å². The van der Waals surface area contributed by atoms with Crippen molar-refractivity contribution in [3.63, 3.8) is 0 Å². The summed E-state index contributed by atoms with van der Waals surface area (Å²) in [4.78, 5) is 33.0. The zero-order valence-corrected chi connectivity index (χ0v) is 19.8. The van der Waals surface area contributed by atoms with Gasteiger partial charge >= 0.3 is 0 Å². The first-order valence-corrected chi connectivity index (χ1v) is 11.9. The third kappa shape index (κ3) is 4.40. The second-order valence-electron chi connectivity index (χ2n) is 8.80. The highest BCUT2D eigenvalue weighted by atomic mass is 16.5. The van der Waals surface area contributed by atoms with Crippen molar-refractivity contribution < 1.29 is 9.26 Å². The fourth-order valence-electron chi connectivity index (χ4n) is 4.58. The van der Waals surface area contributed by atoms with Crippen LogP contribution in [0.2, 0.25) is 0 Å². The van der Waals surface area contributed by atoms with Gasteiger partial charge in [-0.25, -0.2) is 4.98 Å². The van der Waals surface area contributed by atoms with E-state index >= 15 is 0 Å². The summed E-state index contributed by atoms with van der Waals surface area (Å²) in [7, 11) is 0. The molecule has 2 saturated heterocycles. The Morgan fingerprint density at radius 2 is 2.00 bits per heavy atom. The average molecular weight is 491 g/mol. The number of H-pyrrole nitrogens is 2. The van der Waals surface area contributed by atoms with Crippen LogP contribution in [0.5, 0.6) is 0 Å². The molecule has 36 heavy (non-hydrogen) atoms. The van der Waals surface area contributed by atoms with Crippen molar-refractivity contribution in [3.8, 4) is 11.4 Å². The highest BCUT2D eigenvalue weighted by molar-refractivity contribution is 5.61. The lowest BCUT2D eigenvalue weighted by molar-refractivity contribution is 0.122. The van der Waals surface area contributed by atoms with Gasteiger partial charge in [0.05, 0.1) is 19.3 Å². The quantitative estimate of drug-likeness (QED) is 0.364. The zero-order chi connectivity index (χ0) is 24.5. The number of nitrogens with one attached hydrogen (secondary N) is 3. The van der Waals surface area contributed by atoms with E-state index in [1.165, 1.54) is 12.4 Å². The van der Waals surface area contributed by atoms with E-state index in [1.54, 1.807) is 6.07 Å². The summed E-state index contributed by atoms with van der Waals surface area (Å²) >= 11 is 0. The Labute approximate surface area is 205 Å². The Bertz CT molecular complexity index is 1410. The highest BCUT2D eigenvalue weighted by Crippen LogP contribution is 2.37. The number of aromatic nitrogens is 7. The summed E-state index contributed by atoms with van der Waals surface area (Å²) in [6, 6.07) is 5.51. The van der Waals surface area contributed by atoms with Crippen LogP contribution in [0.4, 0.5) is 23.4 Å². The van der Waals surface area contributed by atoms with Gasteiger partial charge in [-0.05, 0) is 19.8 Å². The molecule has 13 heteroatoms. The molecule has 2 aliphatic rings. The van der Waals surface area contributed by atoms with Crippen LogP contribution >= 0.6 is 0 Å². The molecule has 6 rings (SSSR count). The monoisotopic (exact) mass is 490 g/mol. The summed E-state index contributed by atoms with van der Waals surface area (Å²) in [6.45, 7) is 5.53. The second-order valence-corrected chi connectivity index (χ2v) is 8.80. The first-order chi connectivity index (χ1) is 17.6. The van der Waals surface area contributed by atoms with Gasteiger partial charge in [0.15, 0.2) is 17.3 Å². The van der Waals surface area contributed by atoms with Gasteiger partial charge in [0.1, 0.15) is 17.3 Å². The number of aromatic amines is 2. The van der Waals surface area contributed by atoms with Gasteiger partial charge in [0.2, 0.25) is 5.95 Å². The SMILES string of the molecule is Cc1cc(Nc2cc(N3CCOCC3)nc(N3CCC[C@H]3c3cc(-c4ncc[nH]c4=O)no3)n2)n[nH]1. The molecule has 1 atom stereocenters. The smallest absolute Gasteiger partial charge is 0.276 e. The van der Waals surface area contributed by atoms with E-state index in [2.05, 4.69) is 40.4 Å². The largest absolute Gasteiger partial charge is 0.378 e. The van der Waals surface area contributed by atoms with Crippen molar-refractivity contribution in [2.45, 2.75) is 25.8 Å². The maximum atomic E-state index is 12.2. The van der Waals surface area contributed by atoms with Gasteiger partial charge in [-0.2, -0.15) is 15.1 Å². The van der Waals surface area contributed by atoms with E-state index < -0.39 is 0 Å². The Hall–Kier alpha value is -4.26. The molecule has 6 heterocycles. The summed E-state index contributed by atoms with van der Waals surface area (Å²) in [6.07, 6.45) is 4.80. The minimum Gasteiger partial charge on any atom is -0.378 e. The average Bonchev–Trinajstić information content (AvgIpc) is 3.66.